The molecule has 5 nitrogen and oxygen atoms in total. The van der Waals surface area contributed by atoms with Crippen molar-refractivity contribution in [3.63, 3.8) is 0 Å². The molecule has 2 aromatic rings. The number of phenols is 1. The molecule has 25 heavy (non-hydrogen) atoms. The van der Waals surface area contributed by atoms with Gasteiger partial charge in [-0.15, -0.1) is 0 Å². The van der Waals surface area contributed by atoms with Gasteiger partial charge in [0.1, 0.15) is 17.6 Å². The van der Waals surface area contributed by atoms with Crippen LogP contribution in [-0.4, -0.2) is 22.0 Å². The van der Waals surface area contributed by atoms with Gasteiger partial charge in [0.05, 0.1) is 5.56 Å². The second-order valence-electron chi connectivity index (χ2n) is 5.89. The molecule has 0 saturated heterocycles. The third kappa shape index (κ3) is 5.64. The van der Waals surface area contributed by atoms with Crippen LogP contribution >= 0.6 is 0 Å². The Labute approximate surface area is 146 Å². The van der Waals surface area contributed by atoms with Gasteiger partial charge in [-0.2, -0.15) is 0 Å². The monoisotopic (exact) mass is 342 g/mol. The number of aromatic hydroxyl groups is 1. The molecule has 0 fully saturated rings. The summed E-state index contributed by atoms with van der Waals surface area (Å²) in [6, 6.07) is 14.3. The predicted molar refractivity (Wildman–Crippen MR) is 94.0 cm³/mol. The fourth-order valence-corrected chi connectivity index (χ4v) is 2.61. The van der Waals surface area contributed by atoms with Gasteiger partial charge in [-0.25, -0.2) is 0 Å². The molecule has 0 heterocycles. The van der Waals surface area contributed by atoms with Gasteiger partial charge >= 0.3 is 5.97 Å². The van der Waals surface area contributed by atoms with Crippen LogP contribution in [0.1, 0.15) is 54.6 Å². The molecule has 0 amide bonds. The molecule has 0 aromatic heterocycles. The fraction of sp³-hybridized carbons (Fsp3) is 0.300. The largest absolute Gasteiger partial charge is 0.507 e. The van der Waals surface area contributed by atoms with Crippen molar-refractivity contribution in [1.82, 2.24) is 0 Å². The number of carbonyl (C=O) groups is 2. The smallest absolute Gasteiger partial charge is 0.303 e. The minimum Gasteiger partial charge on any atom is -0.507 e. The molecule has 132 valence electrons. The number of rotatable bonds is 9. The van der Waals surface area contributed by atoms with E-state index in [0.717, 1.165) is 5.56 Å². The highest BCUT2D eigenvalue weighted by Gasteiger charge is 2.15. The van der Waals surface area contributed by atoms with E-state index in [1.54, 1.807) is 12.1 Å². The van der Waals surface area contributed by atoms with Gasteiger partial charge < -0.3 is 14.9 Å². The Bertz CT molecular complexity index is 724. The maximum absolute atomic E-state index is 11.4. The van der Waals surface area contributed by atoms with E-state index in [-0.39, 0.29) is 29.6 Å². The lowest BCUT2D eigenvalue weighted by Crippen LogP contribution is -2.08. The first kappa shape index (κ1) is 18.5. The van der Waals surface area contributed by atoms with Gasteiger partial charge in [-0.3, -0.25) is 9.59 Å². The average Bonchev–Trinajstić information content (AvgIpc) is 2.58. The van der Waals surface area contributed by atoms with Gasteiger partial charge in [-0.1, -0.05) is 30.3 Å². The van der Waals surface area contributed by atoms with Crippen molar-refractivity contribution in [3.8, 4) is 11.5 Å². The highest BCUT2D eigenvalue weighted by molar-refractivity contribution is 5.96. The minimum absolute atomic E-state index is 0.109. The number of ether oxygens (including phenoxy) is 1. The number of Topliss-reactive ketones (excluding diaryl/α,β-unsaturated/α-hetero) is 1. The maximum atomic E-state index is 11.4. The molecule has 0 radical (unpaired) electrons. The van der Waals surface area contributed by atoms with E-state index in [1.165, 1.54) is 13.0 Å². The highest BCUT2D eigenvalue weighted by atomic mass is 16.5. The van der Waals surface area contributed by atoms with Crippen molar-refractivity contribution in [2.45, 2.75) is 38.7 Å². The quantitative estimate of drug-likeness (QED) is 0.522. The molecule has 0 bridgehead atoms. The van der Waals surface area contributed by atoms with Gasteiger partial charge in [0, 0.05) is 12.5 Å². The lowest BCUT2D eigenvalue weighted by Gasteiger charge is -2.20. The van der Waals surface area contributed by atoms with Crippen molar-refractivity contribution < 1.29 is 24.5 Å². The van der Waals surface area contributed by atoms with Crippen molar-refractivity contribution in [3.05, 3.63) is 59.7 Å². The zero-order valence-corrected chi connectivity index (χ0v) is 14.1. The van der Waals surface area contributed by atoms with Gasteiger partial charge in [-0.05, 0) is 43.9 Å². The Morgan fingerprint density at radius 2 is 1.80 bits per heavy atom. The number of benzene rings is 2. The van der Waals surface area contributed by atoms with E-state index in [2.05, 4.69) is 0 Å². The van der Waals surface area contributed by atoms with E-state index in [0.29, 0.717) is 25.0 Å². The molecule has 2 rings (SSSR count). The first-order valence-corrected chi connectivity index (χ1v) is 8.24. The van der Waals surface area contributed by atoms with Crippen LogP contribution in [0, 0.1) is 0 Å². The van der Waals surface area contributed by atoms with Crippen molar-refractivity contribution in [1.29, 1.82) is 0 Å². The number of aliphatic carboxylic acids is 1. The molecule has 5 heteroatoms. The zero-order chi connectivity index (χ0) is 18.2. The zero-order valence-electron chi connectivity index (χ0n) is 14.1. The summed E-state index contributed by atoms with van der Waals surface area (Å²) in [5, 5.41) is 18.7. The Hall–Kier alpha value is -2.82. The van der Waals surface area contributed by atoms with Crippen LogP contribution in [0.3, 0.4) is 0 Å². The Kier molecular flexibility index (Phi) is 6.57. The molecule has 0 aliphatic heterocycles. The topological polar surface area (TPSA) is 83.8 Å². The number of unbranched alkanes of at least 4 members (excludes halogenated alkanes) is 1. The standard InChI is InChI=1S/C20H22O5/c1-14(21)17-12-11-16(13-18(17)22)25-19(9-5-6-10-20(23)24)15-7-3-2-4-8-15/h2-4,7-8,11-13,19,22H,5-6,9-10H2,1H3,(H,23,24). The molecular formula is C20H22O5. The molecule has 1 unspecified atom stereocenters. The summed E-state index contributed by atoms with van der Waals surface area (Å²) in [6.07, 6.45) is 1.83. The summed E-state index contributed by atoms with van der Waals surface area (Å²) in [6.45, 7) is 1.39. The number of carboxylic acids is 1. The normalized spacial score (nSPS) is 11.7. The van der Waals surface area contributed by atoms with Gasteiger partial charge in [0.2, 0.25) is 0 Å². The Balaban J connectivity index is 2.11. The number of phenolic OH excluding ortho intramolecular Hbond substituents is 1. The lowest BCUT2D eigenvalue weighted by atomic mass is 10.0. The van der Waals surface area contributed by atoms with E-state index < -0.39 is 5.97 Å². The maximum Gasteiger partial charge on any atom is 0.303 e. The number of hydrogen-bond acceptors (Lipinski definition) is 4. The molecule has 0 saturated carbocycles. The summed E-state index contributed by atoms with van der Waals surface area (Å²) in [7, 11) is 0. The van der Waals surface area contributed by atoms with Crippen LogP contribution in [0.4, 0.5) is 0 Å². The van der Waals surface area contributed by atoms with E-state index in [9.17, 15) is 14.7 Å². The summed E-state index contributed by atoms with van der Waals surface area (Å²) in [5.41, 5.74) is 1.23. The van der Waals surface area contributed by atoms with Crippen molar-refractivity contribution >= 4 is 11.8 Å². The number of ketones is 1. The van der Waals surface area contributed by atoms with Gasteiger partial charge in [0.25, 0.3) is 0 Å². The Morgan fingerprint density at radius 1 is 1.08 bits per heavy atom. The van der Waals surface area contributed by atoms with Crippen molar-refractivity contribution in [2.24, 2.45) is 0 Å². The highest BCUT2D eigenvalue weighted by Crippen LogP contribution is 2.30. The van der Waals surface area contributed by atoms with Crippen LogP contribution in [0.2, 0.25) is 0 Å². The fourth-order valence-electron chi connectivity index (χ4n) is 2.61. The molecule has 0 aliphatic carbocycles. The first-order valence-electron chi connectivity index (χ1n) is 8.24. The first-order chi connectivity index (χ1) is 12.0. The van der Waals surface area contributed by atoms with Crippen LogP contribution in [-0.2, 0) is 4.79 Å². The molecule has 1 atom stereocenters. The average molecular weight is 342 g/mol. The van der Waals surface area contributed by atoms with E-state index >= 15 is 0 Å². The molecule has 0 aliphatic rings. The lowest BCUT2D eigenvalue weighted by molar-refractivity contribution is -0.137. The van der Waals surface area contributed by atoms with Crippen LogP contribution in [0.15, 0.2) is 48.5 Å². The van der Waals surface area contributed by atoms with Crippen LogP contribution in [0.25, 0.3) is 0 Å². The second kappa shape index (κ2) is 8.87. The minimum atomic E-state index is -0.804. The SMILES string of the molecule is CC(=O)c1ccc(OC(CCCCC(=O)O)c2ccccc2)cc1O. The number of carbonyl (C=O) groups excluding carboxylic acids is 1. The molecule has 0 spiro atoms. The number of hydrogen-bond donors (Lipinski definition) is 2. The third-order valence-electron chi connectivity index (χ3n) is 3.91. The molecule has 2 N–H and O–H groups in total. The molecular weight excluding hydrogens is 320 g/mol. The third-order valence-corrected chi connectivity index (χ3v) is 3.91. The molecule has 2 aromatic carbocycles. The van der Waals surface area contributed by atoms with E-state index in [4.69, 9.17) is 9.84 Å². The summed E-state index contributed by atoms with van der Waals surface area (Å²) in [4.78, 5) is 22.0. The second-order valence-corrected chi connectivity index (χ2v) is 5.89. The van der Waals surface area contributed by atoms with Gasteiger partial charge in [0.15, 0.2) is 5.78 Å². The van der Waals surface area contributed by atoms with E-state index in [1.807, 2.05) is 30.3 Å². The van der Waals surface area contributed by atoms with Crippen LogP contribution < -0.4 is 4.74 Å². The number of carboxylic acid groups (broad SMARTS) is 1. The predicted octanol–water partition coefficient (Wildman–Crippen LogP) is 4.36. The summed E-state index contributed by atoms with van der Waals surface area (Å²) >= 11 is 0. The summed E-state index contributed by atoms with van der Waals surface area (Å²) < 4.78 is 6.00. The summed E-state index contributed by atoms with van der Waals surface area (Å²) in [5.74, 6) is -0.656. The Morgan fingerprint density at radius 3 is 2.40 bits per heavy atom. The van der Waals surface area contributed by atoms with Crippen LogP contribution in [0.5, 0.6) is 11.5 Å². The van der Waals surface area contributed by atoms with Crippen molar-refractivity contribution in [2.75, 3.05) is 0 Å².